The molecule has 0 amide bonds. The third-order valence-electron chi connectivity index (χ3n) is 5.29. The molecule has 2 heterocycles. The Labute approximate surface area is 202 Å². The molecule has 0 saturated carbocycles. The molecule has 1 aliphatic heterocycles. The average molecular weight is 544 g/mol. The van der Waals surface area contributed by atoms with E-state index < -0.39 is 5.60 Å². The number of rotatable bonds is 9. The van der Waals surface area contributed by atoms with Gasteiger partial charge in [-0.05, 0) is 39.3 Å². The van der Waals surface area contributed by atoms with Crippen molar-refractivity contribution < 1.29 is 9.84 Å². The summed E-state index contributed by atoms with van der Waals surface area (Å²) in [4.78, 5) is 11.5. The van der Waals surface area contributed by atoms with Gasteiger partial charge in [0.25, 0.3) is 0 Å². The molecule has 1 saturated heterocycles. The maximum Gasteiger partial charge on any atom is 0.191 e. The molecule has 8 nitrogen and oxygen atoms in total. The Morgan fingerprint density at radius 3 is 2.74 bits per heavy atom. The van der Waals surface area contributed by atoms with Crippen molar-refractivity contribution in [2.75, 3.05) is 52.5 Å². The number of aryl methyl sites for hydroxylation is 2. The molecule has 1 aromatic carbocycles. The number of hydrogen-bond donors (Lipinski definition) is 3. The lowest BCUT2D eigenvalue weighted by atomic mass is 10.1. The van der Waals surface area contributed by atoms with Gasteiger partial charge in [-0.25, -0.2) is 4.98 Å². The van der Waals surface area contributed by atoms with E-state index in [4.69, 9.17) is 4.74 Å². The maximum absolute atomic E-state index is 10.8. The Morgan fingerprint density at radius 2 is 2.00 bits per heavy atom. The predicted octanol–water partition coefficient (Wildman–Crippen LogP) is 1.99. The second-order valence-corrected chi connectivity index (χ2v) is 8.16. The highest BCUT2D eigenvalue weighted by atomic mass is 127. The normalized spacial score (nSPS) is 17.2. The first-order chi connectivity index (χ1) is 14.5. The number of aromatic nitrogens is 2. The van der Waals surface area contributed by atoms with Crippen LogP contribution in [-0.4, -0.2) is 83.6 Å². The lowest BCUT2D eigenvalue weighted by Gasteiger charge is -2.33. The van der Waals surface area contributed by atoms with Gasteiger partial charge in [-0.3, -0.25) is 9.89 Å². The van der Waals surface area contributed by atoms with Crippen LogP contribution in [0.1, 0.15) is 26.1 Å². The van der Waals surface area contributed by atoms with Gasteiger partial charge in [0.1, 0.15) is 5.82 Å². The number of fused-ring (bicyclic) bond motifs is 1. The number of benzene rings is 1. The van der Waals surface area contributed by atoms with E-state index in [0.29, 0.717) is 13.1 Å². The quantitative estimate of drug-likeness (QED) is 0.194. The van der Waals surface area contributed by atoms with Crippen LogP contribution in [0.3, 0.4) is 0 Å². The third-order valence-corrected chi connectivity index (χ3v) is 5.29. The van der Waals surface area contributed by atoms with Crippen LogP contribution in [0.5, 0.6) is 0 Å². The minimum absolute atomic E-state index is 0. The molecule has 2 aromatic rings. The molecule has 0 spiro atoms. The first-order valence-corrected chi connectivity index (χ1v) is 10.9. The number of β-amino-alcohol motifs (C(OH)–C–C–N with tert-alkyl or cyclic N) is 1. The molecular weight excluding hydrogens is 507 g/mol. The zero-order valence-corrected chi connectivity index (χ0v) is 21.3. The number of hydrogen-bond acceptors (Lipinski definition) is 5. The van der Waals surface area contributed by atoms with Gasteiger partial charge < -0.3 is 25.0 Å². The monoisotopic (exact) mass is 544 g/mol. The number of morpholine rings is 1. The standard InChI is InChI=1S/C22H36N6O2.HI/c1-4-23-21(25-16-22(3,29)17-27-12-14-30-15-13-27)24-10-7-11-28-18(2)26-19-8-5-6-9-20(19)28;/h5-6,8-9,29H,4,7,10-17H2,1-3H3,(H2,23,24,25);1H. The number of nitrogens with one attached hydrogen (secondary N) is 2. The number of ether oxygens (including phenoxy) is 1. The van der Waals surface area contributed by atoms with Gasteiger partial charge in [0.15, 0.2) is 5.96 Å². The molecule has 0 bridgehead atoms. The van der Waals surface area contributed by atoms with E-state index in [0.717, 1.165) is 69.7 Å². The lowest BCUT2D eigenvalue weighted by Crippen LogP contribution is -2.48. The minimum atomic E-state index is -0.869. The van der Waals surface area contributed by atoms with Crippen LogP contribution in [0.25, 0.3) is 11.0 Å². The fraction of sp³-hybridized carbons (Fsp3) is 0.636. The van der Waals surface area contributed by atoms with Crippen molar-refractivity contribution >= 4 is 41.0 Å². The molecule has 0 aliphatic carbocycles. The highest BCUT2D eigenvalue weighted by molar-refractivity contribution is 14.0. The van der Waals surface area contributed by atoms with Crippen molar-refractivity contribution in [3.05, 3.63) is 30.1 Å². The van der Waals surface area contributed by atoms with Crippen molar-refractivity contribution in [1.82, 2.24) is 25.1 Å². The van der Waals surface area contributed by atoms with Crippen LogP contribution in [0.2, 0.25) is 0 Å². The number of guanidine groups is 1. The van der Waals surface area contributed by atoms with Crippen molar-refractivity contribution in [2.45, 2.75) is 39.3 Å². The Morgan fingerprint density at radius 1 is 1.26 bits per heavy atom. The minimum Gasteiger partial charge on any atom is -0.387 e. The van der Waals surface area contributed by atoms with Crippen LogP contribution in [0.15, 0.2) is 29.3 Å². The van der Waals surface area contributed by atoms with E-state index in [9.17, 15) is 5.11 Å². The van der Waals surface area contributed by atoms with E-state index in [-0.39, 0.29) is 24.0 Å². The number of nitrogens with zero attached hydrogens (tertiary/aromatic N) is 4. The Balaban J connectivity index is 0.00000341. The number of para-hydroxylation sites is 2. The first-order valence-electron chi connectivity index (χ1n) is 10.9. The Hall–Kier alpha value is -1.43. The topological polar surface area (TPSA) is 86.9 Å². The molecule has 9 heteroatoms. The summed E-state index contributed by atoms with van der Waals surface area (Å²) in [6.45, 7) is 12.6. The van der Waals surface area contributed by atoms with Gasteiger partial charge in [-0.2, -0.15) is 0 Å². The van der Waals surface area contributed by atoms with Crippen molar-refractivity contribution in [3.63, 3.8) is 0 Å². The molecule has 1 atom stereocenters. The van der Waals surface area contributed by atoms with E-state index in [1.807, 2.05) is 19.9 Å². The van der Waals surface area contributed by atoms with Crippen molar-refractivity contribution in [2.24, 2.45) is 4.99 Å². The van der Waals surface area contributed by atoms with Crippen LogP contribution in [-0.2, 0) is 11.3 Å². The van der Waals surface area contributed by atoms with Gasteiger partial charge in [0.05, 0.1) is 36.4 Å². The molecule has 31 heavy (non-hydrogen) atoms. The molecule has 1 fully saturated rings. The smallest absolute Gasteiger partial charge is 0.191 e. The number of aliphatic imine (C=N–C) groups is 1. The summed E-state index contributed by atoms with van der Waals surface area (Å²) in [6.07, 6.45) is 0.954. The van der Waals surface area contributed by atoms with E-state index >= 15 is 0 Å². The third kappa shape index (κ3) is 7.89. The Bertz CT molecular complexity index is 833. The summed E-state index contributed by atoms with van der Waals surface area (Å²) < 4.78 is 7.64. The number of aliphatic hydroxyl groups is 1. The van der Waals surface area contributed by atoms with E-state index in [2.05, 4.69) is 55.2 Å². The van der Waals surface area contributed by atoms with Gasteiger partial charge in [0, 0.05) is 39.3 Å². The number of imidazole rings is 1. The molecular formula is C22H37IN6O2. The molecule has 1 unspecified atom stereocenters. The second-order valence-electron chi connectivity index (χ2n) is 8.16. The maximum atomic E-state index is 10.8. The van der Waals surface area contributed by atoms with E-state index in [1.165, 1.54) is 5.52 Å². The van der Waals surface area contributed by atoms with Gasteiger partial charge in [-0.15, -0.1) is 24.0 Å². The van der Waals surface area contributed by atoms with Crippen LogP contribution < -0.4 is 10.6 Å². The molecule has 3 N–H and O–H groups in total. The molecule has 1 aliphatic rings. The highest BCUT2D eigenvalue weighted by Gasteiger charge is 2.25. The highest BCUT2D eigenvalue weighted by Crippen LogP contribution is 2.15. The Kier molecular flexibility index (Phi) is 10.5. The van der Waals surface area contributed by atoms with E-state index in [1.54, 1.807) is 0 Å². The van der Waals surface area contributed by atoms with Crippen molar-refractivity contribution in [1.29, 1.82) is 0 Å². The van der Waals surface area contributed by atoms with Crippen molar-refractivity contribution in [3.8, 4) is 0 Å². The van der Waals surface area contributed by atoms with Gasteiger partial charge in [0.2, 0.25) is 0 Å². The summed E-state index contributed by atoms with van der Waals surface area (Å²) in [6, 6.07) is 8.24. The van der Waals surface area contributed by atoms with Crippen LogP contribution >= 0.6 is 24.0 Å². The molecule has 0 radical (unpaired) electrons. The molecule has 174 valence electrons. The second kappa shape index (κ2) is 12.6. The van der Waals surface area contributed by atoms with Gasteiger partial charge in [-0.1, -0.05) is 12.1 Å². The summed E-state index contributed by atoms with van der Waals surface area (Å²) in [5.74, 6) is 1.78. The average Bonchev–Trinajstić information content (AvgIpc) is 3.05. The first kappa shape index (κ1) is 25.8. The summed E-state index contributed by atoms with van der Waals surface area (Å²) in [5, 5.41) is 17.4. The van der Waals surface area contributed by atoms with Gasteiger partial charge >= 0.3 is 0 Å². The molecule has 1 aromatic heterocycles. The summed E-state index contributed by atoms with van der Waals surface area (Å²) in [5.41, 5.74) is 1.35. The summed E-state index contributed by atoms with van der Waals surface area (Å²) in [7, 11) is 0. The van der Waals surface area contributed by atoms with Crippen LogP contribution in [0, 0.1) is 6.92 Å². The zero-order valence-electron chi connectivity index (χ0n) is 18.9. The fourth-order valence-electron chi connectivity index (χ4n) is 3.80. The predicted molar refractivity (Wildman–Crippen MR) is 136 cm³/mol. The molecule has 3 rings (SSSR count). The lowest BCUT2D eigenvalue weighted by molar-refractivity contribution is -0.0179. The zero-order chi connectivity index (χ0) is 21.4. The fourth-order valence-corrected chi connectivity index (χ4v) is 3.80. The SMILES string of the molecule is CCNC(=NCC(C)(O)CN1CCOCC1)NCCCn1c(C)nc2ccccc21.I. The summed E-state index contributed by atoms with van der Waals surface area (Å²) >= 11 is 0. The number of halogens is 1. The van der Waals surface area contributed by atoms with Crippen LogP contribution in [0.4, 0.5) is 0 Å². The largest absolute Gasteiger partial charge is 0.387 e.